The number of benzene rings is 2. The van der Waals surface area contributed by atoms with Crippen molar-refractivity contribution in [3.8, 4) is 17.2 Å². The summed E-state index contributed by atoms with van der Waals surface area (Å²) in [4.78, 5) is 0. The van der Waals surface area contributed by atoms with E-state index in [0.29, 0.717) is 29.7 Å². The van der Waals surface area contributed by atoms with Crippen molar-refractivity contribution >= 4 is 23.5 Å². The van der Waals surface area contributed by atoms with Gasteiger partial charge in [0.1, 0.15) is 5.75 Å². The van der Waals surface area contributed by atoms with E-state index in [1.54, 1.807) is 25.5 Å². The van der Waals surface area contributed by atoms with Crippen molar-refractivity contribution in [2.24, 2.45) is 5.10 Å². The normalized spacial score (nSPS) is 10.7. The summed E-state index contributed by atoms with van der Waals surface area (Å²) in [6.07, 6.45) is 1.70. The molecule has 0 saturated carbocycles. The van der Waals surface area contributed by atoms with Gasteiger partial charge >= 0.3 is 0 Å². The molecule has 2 aromatic rings. The van der Waals surface area contributed by atoms with Gasteiger partial charge in [0.2, 0.25) is 0 Å². The molecule has 0 amide bonds. The Labute approximate surface area is 147 Å². The fraction of sp³-hybridized carbons (Fsp3) is 0.278. The molecule has 0 aliphatic heterocycles. The molecule has 2 aromatic carbocycles. The fourth-order valence-corrected chi connectivity index (χ4v) is 2.32. The molecule has 0 aliphatic rings. The lowest BCUT2D eigenvalue weighted by Crippen LogP contribution is -1.99. The quantitative estimate of drug-likeness (QED) is 0.560. The Morgan fingerprint density at radius 2 is 1.71 bits per heavy atom. The Kier molecular flexibility index (Phi) is 6.75. The molecule has 0 fully saturated rings. The molecule has 0 aromatic heterocycles. The highest BCUT2D eigenvalue weighted by molar-refractivity contribution is 6.32. The SMILES string of the molecule is CCOc1ccc(/C=N/Nc2ccc(OC)c(Cl)c2)cc1OCC. The number of nitrogens with zero attached hydrogens (tertiary/aromatic N) is 1. The Morgan fingerprint density at radius 1 is 1.00 bits per heavy atom. The van der Waals surface area contributed by atoms with Crippen molar-refractivity contribution in [1.82, 2.24) is 0 Å². The number of rotatable bonds is 8. The number of hydrogen-bond acceptors (Lipinski definition) is 5. The molecule has 0 radical (unpaired) electrons. The zero-order chi connectivity index (χ0) is 17.4. The number of hydrazone groups is 1. The molecule has 128 valence electrons. The van der Waals surface area contributed by atoms with Crippen molar-refractivity contribution in [2.45, 2.75) is 13.8 Å². The van der Waals surface area contributed by atoms with Crippen LogP contribution in [0.4, 0.5) is 5.69 Å². The monoisotopic (exact) mass is 348 g/mol. The van der Waals surface area contributed by atoms with E-state index in [4.69, 9.17) is 25.8 Å². The summed E-state index contributed by atoms with van der Waals surface area (Å²) in [6.45, 7) is 5.04. The van der Waals surface area contributed by atoms with Gasteiger partial charge < -0.3 is 14.2 Å². The van der Waals surface area contributed by atoms with Crippen LogP contribution in [0.15, 0.2) is 41.5 Å². The van der Waals surface area contributed by atoms with Gasteiger partial charge in [0.05, 0.1) is 37.2 Å². The number of nitrogens with one attached hydrogen (secondary N) is 1. The average molecular weight is 349 g/mol. The van der Waals surface area contributed by atoms with Crippen molar-refractivity contribution < 1.29 is 14.2 Å². The predicted molar refractivity (Wildman–Crippen MR) is 98.0 cm³/mol. The molecule has 2 rings (SSSR count). The minimum Gasteiger partial charge on any atom is -0.495 e. The standard InChI is InChI=1S/C18H21ClN2O3/c1-4-23-17-8-6-13(10-18(17)24-5-2)12-20-21-14-7-9-16(22-3)15(19)11-14/h6-12,21H,4-5H2,1-3H3/b20-12+. The largest absolute Gasteiger partial charge is 0.495 e. The zero-order valence-corrected chi connectivity index (χ0v) is 14.8. The van der Waals surface area contributed by atoms with Crippen LogP contribution in [0.25, 0.3) is 0 Å². The van der Waals surface area contributed by atoms with E-state index in [0.717, 1.165) is 17.0 Å². The summed E-state index contributed by atoms with van der Waals surface area (Å²) in [5, 5.41) is 4.74. The second kappa shape index (κ2) is 9.03. The van der Waals surface area contributed by atoms with Gasteiger partial charge in [-0.05, 0) is 55.8 Å². The first-order chi connectivity index (χ1) is 11.7. The lowest BCUT2D eigenvalue weighted by Gasteiger charge is -2.11. The van der Waals surface area contributed by atoms with Crippen LogP contribution in [0, 0.1) is 0 Å². The molecule has 5 nitrogen and oxygen atoms in total. The first kappa shape index (κ1) is 17.9. The van der Waals surface area contributed by atoms with Crippen LogP contribution in [0.5, 0.6) is 17.2 Å². The minimum atomic E-state index is 0.525. The molecule has 0 unspecified atom stereocenters. The van der Waals surface area contributed by atoms with E-state index in [1.807, 2.05) is 38.1 Å². The zero-order valence-electron chi connectivity index (χ0n) is 14.0. The molecule has 0 saturated heterocycles. The third-order valence-electron chi connectivity index (χ3n) is 3.13. The van der Waals surface area contributed by atoms with Gasteiger partial charge in [-0.1, -0.05) is 11.6 Å². The third kappa shape index (κ3) is 4.80. The van der Waals surface area contributed by atoms with Crippen molar-refractivity contribution in [1.29, 1.82) is 0 Å². The highest BCUT2D eigenvalue weighted by Crippen LogP contribution is 2.28. The van der Waals surface area contributed by atoms with Crippen LogP contribution < -0.4 is 19.6 Å². The predicted octanol–water partition coefficient (Wildman–Crippen LogP) is 4.59. The summed E-state index contributed by atoms with van der Waals surface area (Å²) in [7, 11) is 1.58. The van der Waals surface area contributed by atoms with Crippen molar-refractivity contribution in [2.75, 3.05) is 25.7 Å². The Balaban J connectivity index is 2.08. The highest BCUT2D eigenvalue weighted by atomic mass is 35.5. The van der Waals surface area contributed by atoms with Gasteiger partial charge in [-0.25, -0.2) is 0 Å². The lowest BCUT2D eigenvalue weighted by molar-refractivity contribution is 0.288. The van der Waals surface area contributed by atoms with Crippen LogP contribution in [0.1, 0.15) is 19.4 Å². The molecule has 6 heteroatoms. The molecule has 0 bridgehead atoms. The van der Waals surface area contributed by atoms with Crippen LogP contribution in [0.2, 0.25) is 5.02 Å². The summed E-state index contributed by atoms with van der Waals surface area (Å²) in [5.74, 6) is 2.06. The van der Waals surface area contributed by atoms with Gasteiger partial charge in [-0.15, -0.1) is 0 Å². The first-order valence-electron chi connectivity index (χ1n) is 7.70. The van der Waals surface area contributed by atoms with Crippen LogP contribution in [-0.4, -0.2) is 26.5 Å². The molecular formula is C18H21ClN2O3. The Morgan fingerprint density at radius 3 is 2.38 bits per heavy atom. The number of methoxy groups -OCH3 is 1. The highest BCUT2D eigenvalue weighted by Gasteiger charge is 2.05. The van der Waals surface area contributed by atoms with E-state index < -0.39 is 0 Å². The second-order valence-electron chi connectivity index (χ2n) is 4.79. The smallest absolute Gasteiger partial charge is 0.161 e. The molecule has 0 spiro atoms. The molecule has 24 heavy (non-hydrogen) atoms. The van der Waals surface area contributed by atoms with Gasteiger partial charge in [-0.3, -0.25) is 5.43 Å². The van der Waals surface area contributed by atoms with Crippen LogP contribution >= 0.6 is 11.6 Å². The minimum absolute atomic E-state index is 0.525. The van der Waals surface area contributed by atoms with E-state index in [9.17, 15) is 0 Å². The fourth-order valence-electron chi connectivity index (χ4n) is 2.07. The molecular weight excluding hydrogens is 328 g/mol. The lowest BCUT2D eigenvalue weighted by atomic mass is 10.2. The third-order valence-corrected chi connectivity index (χ3v) is 3.42. The Bertz CT molecular complexity index is 705. The molecule has 0 atom stereocenters. The van der Waals surface area contributed by atoms with Crippen molar-refractivity contribution in [3.63, 3.8) is 0 Å². The summed E-state index contributed by atoms with van der Waals surface area (Å²) in [6, 6.07) is 11.1. The number of hydrogen-bond donors (Lipinski definition) is 1. The summed E-state index contributed by atoms with van der Waals surface area (Å²) in [5.41, 5.74) is 4.60. The number of anilines is 1. The Hall–Kier alpha value is -2.40. The molecule has 1 N–H and O–H groups in total. The van der Waals surface area contributed by atoms with E-state index in [1.165, 1.54) is 0 Å². The topological polar surface area (TPSA) is 52.1 Å². The average Bonchev–Trinajstić information content (AvgIpc) is 2.58. The van der Waals surface area contributed by atoms with Gasteiger partial charge in [0, 0.05) is 0 Å². The summed E-state index contributed by atoms with van der Waals surface area (Å²) >= 11 is 6.08. The van der Waals surface area contributed by atoms with Crippen LogP contribution in [0.3, 0.4) is 0 Å². The maximum absolute atomic E-state index is 6.08. The maximum atomic E-state index is 6.08. The summed E-state index contributed by atoms with van der Waals surface area (Å²) < 4.78 is 16.3. The van der Waals surface area contributed by atoms with E-state index in [-0.39, 0.29) is 0 Å². The molecule has 0 heterocycles. The van der Waals surface area contributed by atoms with Crippen LogP contribution in [-0.2, 0) is 0 Å². The van der Waals surface area contributed by atoms with Gasteiger partial charge in [-0.2, -0.15) is 5.10 Å². The van der Waals surface area contributed by atoms with Gasteiger partial charge in [0.15, 0.2) is 11.5 Å². The maximum Gasteiger partial charge on any atom is 0.161 e. The van der Waals surface area contributed by atoms with E-state index in [2.05, 4.69) is 10.5 Å². The molecule has 0 aliphatic carbocycles. The number of ether oxygens (including phenoxy) is 3. The van der Waals surface area contributed by atoms with E-state index >= 15 is 0 Å². The van der Waals surface area contributed by atoms with Gasteiger partial charge in [0.25, 0.3) is 0 Å². The first-order valence-corrected chi connectivity index (χ1v) is 8.08. The second-order valence-corrected chi connectivity index (χ2v) is 5.20. The number of halogens is 1. The van der Waals surface area contributed by atoms with Crippen molar-refractivity contribution in [3.05, 3.63) is 47.0 Å².